The SMILES string of the molecule is CC(C)CN(C(=O)CCc1nc(-c2cccs2)no1)C1CC1. The van der Waals surface area contributed by atoms with Crippen molar-refractivity contribution in [3.63, 3.8) is 0 Å². The maximum atomic E-state index is 12.4. The summed E-state index contributed by atoms with van der Waals surface area (Å²) in [5, 5.41) is 5.96. The fourth-order valence-corrected chi connectivity index (χ4v) is 3.10. The molecule has 0 N–H and O–H groups in total. The van der Waals surface area contributed by atoms with E-state index in [4.69, 9.17) is 4.52 Å². The minimum absolute atomic E-state index is 0.201. The lowest BCUT2D eigenvalue weighted by molar-refractivity contribution is -0.132. The first-order chi connectivity index (χ1) is 10.6. The monoisotopic (exact) mass is 319 g/mol. The number of amides is 1. The lowest BCUT2D eigenvalue weighted by atomic mass is 10.2. The molecule has 0 bridgehead atoms. The van der Waals surface area contributed by atoms with E-state index in [-0.39, 0.29) is 5.91 Å². The molecule has 0 unspecified atom stereocenters. The van der Waals surface area contributed by atoms with E-state index in [1.54, 1.807) is 11.3 Å². The maximum absolute atomic E-state index is 12.4. The van der Waals surface area contributed by atoms with Crippen LogP contribution < -0.4 is 0 Å². The first-order valence-electron chi connectivity index (χ1n) is 7.79. The van der Waals surface area contributed by atoms with Gasteiger partial charge in [-0.25, -0.2) is 0 Å². The van der Waals surface area contributed by atoms with Crippen LogP contribution >= 0.6 is 11.3 Å². The predicted octanol–water partition coefficient (Wildman–Crippen LogP) is 3.38. The second-order valence-corrected chi connectivity index (χ2v) is 7.11. The van der Waals surface area contributed by atoms with E-state index >= 15 is 0 Å². The highest BCUT2D eigenvalue weighted by Gasteiger charge is 2.32. The largest absolute Gasteiger partial charge is 0.339 e. The zero-order chi connectivity index (χ0) is 15.5. The van der Waals surface area contributed by atoms with Crippen LogP contribution in [0.15, 0.2) is 22.0 Å². The van der Waals surface area contributed by atoms with Crippen molar-refractivity contribution in [2.24, 2.45) is 5.92 Å². The van der Waals surface area contributed by atoms with Gasteiger partial charge in [0, 0.05) is 25.4 Å². The third-order valence-corrected chi connectivity index (χ3v) is 4.50. The highest BCUT2D eigenvalue weighted by atomic mass is 32.1. The summed E-state index contributed by atoms with van der Waals surface area (Å²) in [6.45, 7) is 5.13. The van der Waals surface area contributed by atoms with Gasteiger partial charge in [0.2, 0.25) is 17.6 Å². The normalized spacial score (nSPS) is 14.5. The Morgan fingerprint density at radius 2 is 2.32 bits per heavy atom. The van der Waals surface area contributed by atoms with Gasteiger partial charge in [-0.1, -0.05) is 25.1 Å². The molecule has 0 aliphatic heterocycles. The van der Waals surface area contributed by atoms with Crippen LogP contribution in [-0.2, 0) is 11.2 Å². The highest BCUT2D eigenvalue weighted by Crippen LogP contribution is 2.28. The van der Waals surface area contributed by atoms with Gasteiger partial charge >= 0.3 is 0 Å². The van der Waals surface area contributed by atoms with Gasteiger partial charge in [0.1, 0.15) is 0 Å². The van der Waals surface area contributed by atoms with Gasteiger partial charge in [0.25, 0.3) is 0 Å². The Bertz CT molecular complexity index is 617. The van der Waals surface area contributed by atoms with E-state index in [9.17, 15) is 4.79 Å². The zero-order valence-corrected chi connectivity index (χ0v) is 13.8. The smallest absolute Gasteiger partial charge is 0.227 e. The molecule has 2 heterocycles. The first kappa shape index (κ1) is 15.2. The number of nitrogens with zero attached hydrogens (tertiary/aromatic N) is 3. The third-order valence-electron chi connectivity index (χ3n) is 3.63. The summed E-state index contributed by atoms with van der Waals surface area (Å²) in [6, 6.07) is 4.38. The second kappa shape index (κ2) is 6.60. The van der Waals surface area contributed by atoms with Crippen LogP contribution in [0.25, 0.3) is 10.7 Å². The second-order valence-electron chi connectivity index (χ2n) is 6.16. The molecule has 118 valence electrons. The van der Waals surface area contributed by atoms with Crippen molar-refractivity contribution in [2.75, 3.05) is 6.54 Å². The van der Waals surface area contributed by atoms with Gasteiger partial charge < -0.3 is 9.42 Å². The Kier molecular flexibility index (Phi) is 4.57. The van der Waals surface area contributed by atoms with Crippen molar-refractivity contribution < 1.29 is 9.32 Å². The van der Waals surface area contributed by atoms with Crippen LogP contribution in [-0.4, -0.2) is 33.5 Å². The molecule has 2 aromatic heterocycles. The molecule has 6 heteroatoms. The molecular formula is C16H21N3O2S. The molecule has 1 aliphatic carbocycles. The quantitative estimate of drug-likeness (QED) is 0.785. The van der Waals surface area contributed by atoms with E-state index in [2.05, 4.69) is 24.0 Å². The fraction of sp³-hybridized carbons (Fsp3) is 0.562. The van der Waals surface area contributed by atoms with Crippen LogP contribution in [0, 0.1) is 5.92 Å². The molecule has 1 aliphatic rings. The highest BCUT2D eigenvalue weighted by molar-refractivity contribution is 7.13. The molecule has 2 aromatic rings. The molecule has 3 rings (SSSR count). The summed E-state index contributed by atoms with van der Waals surface area (Å²) in [5.41, 5.74) is 0. The van der Waals surface area contributed by atoms with Crippen molar-refractivity contribution in [2.45, 2.75) is 45.6 Å². The molecule has 0 atom stereocenters. The number of carbonyl (C=O) groups excluding carboxylic acids is 1. The van der Waals surface area contributed by atoms with Crippen LogP contribution in [0.5, 0.6) is 0 Å². The van der Waals surface area contributed by atoms with Gasteiger partial charge in [-0.15, -0.1) is 11.3 Å². The van der Waals surface area contributed by atoms with Crippen LogP contribution in [0.4, 0.5) is 0 Å². The number of hydrogen-bond acceptors (Lipinski definition) is 5. The Hall–Kier alpha value is -1.69. The van der Waals surface area contributed by atoms with Gasteiger partial charge in [-0.05, 0) is 30.2 Å². The fourth-order valence-electron chi connectivity index (χ4n) is 2.45. The maximum Gasteiger partial charge on any atom is 0.227 e. The Labute approximate surface area is 134 Å². The summed E-state index contributed by atoms with van der Waals surface area (Å²) in [6.07, 6.45) is 3.23. The van der Waals surface area contributed by atoms with Gasteiger partial charge in [-0.3, -0.25) is 4.79 Å². The van der Waals surface area contributed by atoms with Crippen LogP contribution in [0.3, 0.4) is 0 Å². The van der Waals surface area contributed by atoms with Crippen molar-refractivity contribution in [1.29, 1.82) is 0 Å². The molecule has 5 nitrogen and oxygen atoms in total. The number of hydrogen-bond donors (Lipinski definition) is 0. The summed E-state index contributed by atoms with van der Waals surface area (Å²) < 4.78 is 5.25. The van der Waals surface area contributed by atoms with Gasteiger partial charge in [0.15, 0.2) is 0 Å². The summed E-state index contributed by atoms with van der Waals surface area (Å²) in [7, 11) is 0. The van der Waals surface area contributed by atoms with Gasteiger partial charge in [0.05, 0.1) is 4.88 Å². The average Bonchev–Trinajstić information content (AvgIpc) is 3.00. The predicted molar refractivity (Wildman–Crippen MR) is 85.5 cm³/mol. The standard InChI is InChI=1S/C16H21N3O2S/c1-11(2)10-19(12-5-6-12)15(20)8-7-14-17-16(18-21-14)13-4-3-9-22-13/h3-4,9,11-12H,5-8,10H2,1-2H3. The van der Waals surface area contributed by atoms with Crippen molar-refractivity contribution in [3.05, 3.63) is 23.4 Å². The Morgan fingerprint density at radius 1 is 1.50 bits per heavy atom. The van der Waals surface area contributed by atoms with E-state index in [1.165, 1.54) is 0 Å². The molecule has 1 amide bonds. The zero-order valence-electron chi connectivity index (χ0n) is 13.0. The molecule has 22 heavy (non-hydrogen) atoms. The lowest BCUT2D eigenvalue weighted by Crippen LogP contribution is -2.36. The summed E-state index contributed by atoms with van der Waals surface area (Å²) in [5.74, 6) is 1.85. The van der Waals surface area contributed by atoms with E-state index in [1.807, 2.05) is 22.4 Å². The van der Waals surface area contributed by atoms with Crippen molar-refractivity contribution >= 4 is 17.2 Å². The first-order valence-corrected chi connectivity index (χ1v) is 8.67. The van der Waals surface area contributed by atoms with Gasteiger partial charge in [-0.2, -0.15) is 4.98 Å². The van der Waals surface area contributed by atoms with Crippen molar-refractivity contribution in [1.82, 2.24) is 15.0 Å². The molecular weight excluding hydrogens is 298 g/mol. The number of carbonyl (C=O) groups is 1. The van der Waals surface area contributed by atoms with E-state index in [0.717, 1.165) is 24.3 Å². The molecule has 1 fully saturated rings. The van der Waals surface area contributed by atoms with Crippen LogP contribution in [0.2, 0.25) is 0 Å². The Morgan fingerprint density at radius 3 is 2.95 bits per heavy atom. The van der Waals surface area contributed by atoms with E-state index in [0.29, 0.717) is 36.5 Å². The number of aryl methyl sites for hydroxylation is 1. The third kappa shape index (κ3) is 3.74. The van der Waals surface area contributed by atoms with Crippen molar-refractivity contribution in [3.8, 4) is 10.7 Å². The molecule has 0 aromatic carbocycles. The van der Waals surface area contributed by atoms with Crippen LogP contribution in [0.1, 0.15) is 39.0 Å². The topological polar surface area (TPSA) is 59.2 Å². The molecule has 0 radical (unpaired) electrons. The van der Waals surface area contributed by atoms with E-state index < -0.39 is 0 Å². The molecule has 0 spiro atoms. The lowest BCUT2D eigenvalue weighted by Gasteiger charge is -2.24. The minimum atomic E-state index is 0.201. The average molecular weight is 319 g/mol. The number of thiophene rings is 1. The summed E-state index contributed by atoms with van der Waals surface area (Å²) >= 11 is 1.58. The number of aromatic nitrogens is 2. The summed E-state index contributed by atoms with van der Waals surface area (Å²) in [4.78, 5) is 19.8. The Balaban J connectivity index is 1.56. The number of rotatable bonds is 7. The molecule has 0 saturated heterocycles. The minimum Gasteiger partial charge on any atom is -0.339 e. The molecule has 1 saturated carbocycles.